The van der Waals surface area contributed by atoms with E-state index >= 15 is 0 Å². The number of anilines is 2. The highest BCUT2D eigenvalue weighted by Gasteiger charge is 2.68. The zero-order valence-corrected chi connectivity index (χ0v) is 24.1. The molecule has 2 aliphatic carbocycles. The lowest BCUT2D eigenvalue weighted by atomic mass is 9.51. The van der Waals surface area contributed by atoms with Crippen LogP contribution in [0.25, 0.3) is 0 Å². The maximum atomic E-state index is 14.5. The van der Waals surface area contributed by atoms with Gasteiger partial charge in [0.15, 0.2) is 0 Å². The van der Waals surface area contributed by atoms with Gasteiger partial charge in [-0.25, -0.2) is 4.90 Å². The summed E-state index contributed by atoms with van der Waals surface area (Å²) < 4.78 is 6.05. The van der Waals surface area contributed by atoms with Gasteiger partial charge in [-0.05, 0) is 73.7 Å². The predicted molar refractivity (Wildman–Crippen MR) is 161 cm³/mol. The van der Waals surface area contributed by atoms with E-state index < -0.39 is 35.0 Å². The largest absolute Gasteiger partial charge is 0.508 e. The lowest BCUT2D eigenvalue weighted by Crippen LogP contribution is -2.51. The van der Waals surface area contributed by atoms with Crippen molar-refractivity contribution < 1.29 is 29.0 Å². The maximum absolute atomic E-state index is 14.5. The van der Waals surface area contributed by atoms with Crippen LogP contribution in [-0.4, -0.2) is 28.7 Å². The first-order chi connectivity index (χ1) is 21.3. The number of benzene rings is 3. The molecule has 220 valence electrons. The average Bonchev–Trinajstić information content (AvgIpc) is 3.41. The van der Waals surface area contributed by atoms with E-state index in [1.807, 2.05) is 25.1 Å². The number of hydrogen-bond acceptors (Lipinski definition) is 6. The maximum Gasteiger partial charge on any atom is 0.241 e. The van der Waals surface area contributed by atoms with Crippen LogP contribution in [0.2, 0.25) is 0 Å². The van der Waals surface area contributed by atoms with Crippen LogP contribution in [0.4, 0.5) is 11.4 Å². The smallest absolute Gasteiger partial charge is 0.241 e. The summed E-state index contributed by atoms with van der Waals surface area (Å²) in [5, 5.41) is 10.2. The second kappa shape index (κ2) is 9.51. The fourth-order valence-electron chi connectivity index (χ4n) is 8.50. The van der Waals surface area contributed by atoms with Crippen LogP contribution in [0.5, 0.6) is 11.5 Å². The number of carbonyl (C=O) groups is 4. The molecule has 6 atom stereocenters. The molecule has 0 bridgehead atoms. The van der Waals surface area contributed by atoms with Gasteiger partial charge in [-0.1, -0.05) is 48.0 Å². The number of amides is 4. The normalized spacial score (nSPS) is 30.6. The summed E-state index contributed by atoms with van der Waals surface area (Å²) in [5.74, 6) is -3.15. The number of ether oxygens (including phenoxy) is 1. The highest BCUT2D eigenvalue weighted by Crippen LogP contribution is 2.63. The molecule has 5 aliphatic rings. The van der Waals surface area contributed by atoms with E-state index in [9.17, 15) is 24.3 Å². The Labute approximate surface area is 254 Å². The van der Waals surface area contributed by atoms with Gasteiger partial charge in [-0.2, -0.15) is 0 Å². The first kappa shape index (κ1) is 26.6. The summed E-state index contributed by atoms with van der Waals surface area (Å²) in [6.45, 7) is 1.87. The first-order valence-electron chi connectivity index (χ1n) is 15.0. The van der Waals surface area contributed by atoms with E-state index in [0.717, 1.165) is 16.7 Å². The fraction of sp³-hybridized carbons (Fsp3) is 0.278. The number of allylic oxidation sites excluding steroid dienone is 3. The summed E-state index contributed by atoms with van der Waals surface area (Å²) in [5.41, 5.74) is 2.40. The topological polar surface area (TPSA) is 104 Å². The van der Waals surface area contributed by atoms with Gasteiger partial charge in [0.2, 0.25) is 23.6 Å². The molecule has 8 rings (SSSR count). The van der Waals surface area contributed by atoms with Crippen LogP contribution in [0.1, 0.15) is 25.3 Å². The minimum atomic E-state index is -1.14. The lowest BCUT2D eigenvalue weighted by Gasteiger charge is -2.49. The Bertz CT molecular complexity index is 1810. The molecular weight excluding hydrogens is 556 g/mol. The molecule has 2 saturated heterocycles. The number of phenolic OH excluding ortho intramolecular Hbond substituents is 1. The van der Waals surface area contributed by atoms with E-state index in [1.165, 1.54) is 9.80 Å². The quantitative estimate of drug-likeness (QED) is 0.335. The summed E-state index contributed by atoms with van der Waals surface area (Å²) in [6.07, 6.45) is 4.78. The van der Waals surface area contributed by atoms with Crippen molar-refractivity contribution in [3.63, 3.8) is 0 Å². The summed E-state index contributed by atoms with van der Waals surface area (Å²) in [6, 6.07) is 22.8. The van der Waals surface area contributed by atoms with E-state index in [4.69, 9.17) is 4.74 Å². The molecule has 3 heterocycles. The van der Waals surface area contributed by atoms with Crippen LogP contribution in [0.3, 0.4) is 0 Å². The van der Waals surface area contributed by atoms with Gasteiger partial charge >= 0.3 is 0 Å². The summed E-state index contributed by atoms with van der Waals surface area (Å²) in [4.78, 5) is 59.2. The van der Waals surface area contributed by atoms with Crippen molar-refractivity contribution in [2.75, 3.05) is 9.80 Å². The molecular formula is C36H30N2O6. The van der Waals surface area contributed by atoms with Gasteiger partial charge < -0.3 is 9.84 Å². The highest BCUT2D eigenvalue weighted by atomic mass is 16.5. The van der Waals surface area contributed by atoms with Crippen molar-refractivity contribution in [1.82, 2.24) is 0 Å². The standard InChI is InChI=1S/C36H30N2O6/c1-36-28(33(41)38(35(36)43)23-10-6-3-7-11-23)18-27-25(31(36)21-16-20-17-24(39)12-15-29(20)44-19-21)13-14-26-30(27)34(42)37(32(26)40)22-8-4-2-5-9-22/h2-13,15,17,19,26-28,30-31,39H,14,16,18H2,1H3. The van der Waals surface area contributed by atoms with Crippen LogP contribution < -0.4 is 14.5 Å². The average molecular weight is 587 g/mol. The fourth-order valence-corrected chi connectivity index (χ4v) is 8.50. The zero-order valence-electron chi connectivity index (χ0n) is 24.1. The number of carbonyl (C=O) groups excluding carboxylic acids is 4. The number of fused-ring (bicyclic) bond motifs is 5. The monoisotopic (exact) mass is 586 g/mol. The number of rotatable bonds is 3. The molecule has 0 radical (unpaired) electrons. The minimum absolute atomic E-state index is 0.109. The number of imide groups is 2. The number of aromatic hydroxyl groups is 1. The van der Waals surface area contributed by atoms with Crippen molar-refractivity contribution in [3.05, 3.63) is 108 Å². The summed E-state index contributed by atoms with van der Waals surface area (Å²) in [7, 11) is 0. The number of hydrogen-bond donors (Lipinski definition) is 1. The second-order valence-electron chi connectivity index (χ2n) is 12.6. The number of phenols is 1. The van der Waals surface area contributed by atoms with Gasteiger partial charge in [0, 0.05) is 17.9 Å². The van der Waals surface area contributed by atoms with Crippen molar-refractivity contribution in [2.24, 2.45) is 35.0 Å². The van der Waals surface area contributed by atoms with E-state index in [2.05, 4.69) is 0 Å². The number of para-hydroxylation sites is 2. The molecule has 3 aromatic carbocycles. The Hall–Kier alpha value is -4.98. The Kier molecular flexibility index (Phi) is 5.76. The molecule has 1 saturated carbocycles. The lowest BCUT2D eigenvalue weighted by molar-refractivity contribution is -0.132. The molecule has 1 N–H and O–H groups in total. The van der Waals surface area contributed by atoms with Crippen molar-refractivity contribution in [2.45, 2.75) is 26.2 Å². The number of nitrogens with zero attached hydrogens (tertiary/aromatic N) is 2. The van der Waals surface area contributed by atoms with Crippen LogP contribution in [0, 0.1) is 35.0 Å². The third kappa shape index (κ3) is 3.57. The highest BCUT2D eigenvalue weighted by molar-refractivity contribution is 6.25. The van der Waals surface area contributed by atoms with Gasteiger partial charge in [0.1, 0.15) is 11.5 Å². The Balaban J connectivity index is 1.26. The SMILES string of the molecule is CC12C(=O)N(c3ccccc3)C(=O)C1CC1C(=CCC3C(=O)N(c4ccccc4)C(=O)C31)C2C1=COc2ccc(O)cc2C1. The van der Waals surface area contributed by atoms with E-state index in [0.29, 0.717) is 36.4 Å². The van der Waals surface area contributed by atoms with Gasteiger partial charge in [-0.3, -0.25) is 24.1 Å². The molecule has 3 aromatic rings. The molecule has 8 heteroatoms. The van der Waals surface area contributed by atoms with Crippen molar-refractivity contribution in [3.8, 4) is 11.5 Å². The van der Waals surface area contributed by atoms with Crippen LogP contribution >= 0.6 is 0 Å². The van der Waals surface area contributed by atoms with Gasteiger partial charge in [0.05, 0.1) is 40.8 Å². The second-order valence-corrected chi connectivity index (χ2v) is 12.6. The first-order valence-corrected chi connectivity index (χ1v) is 15.0. The molecule has 8 nitrogen and oxygen atoms in total. The van der Waals surface area contributed by atoms with Crippen molar-refractivity contribution >= 4 is 35.0 Å². The van der Waals surface area contributed by atoms with Gasteiger partial charge in [0.25, 0.3) is 0 Å². The van der Waals surface area contributed by atoms with E-state index in [1.54, 1.807) is 73.0 Å². The Morgan fingerprint density at radius 3 is 2.20 bits per heavy atom. The molecule has 3 aliphatic heterocycles. The summed E-state index contributed by atoms with van der Waals surface area (Å²) >= 11 is 0. The van der Waals surface area contributed by atoms with Crippen LogP contribution in [0.15, 0.2) is 102 Å². The minimum Gasteiger partial charge on any atom is -0.508 e. The molecule has 44 heavy (non-hydrogen) atoms. The zero-order chi connectivity index (χ0) is 30.3. The predicted octanol–water partition coefficient (Wildman–Crippen LogP) is 5.18. The van der Waals surface area contributed by atoms with Crippen molar-refractivity contribution in [1.29, 1.82) is 0 Å². The van der Waals surface area contributed by atoms with Gasteiger partial charge in [-0.15, -0.1) is 0 Å². The molecule has 4 amide bonds. The molecule has 6 unspecified atom stereocenters. The van der Waals surface area contributed by atoms with E-state index in [-0.39, 0.29) is 29.4 Å². The Morgan fingerprint density at radius 1 is 0.818 bits per heavy atom. The van der Waals surface area contributed by atoms with Crippen LogP contribution in [-0.2, 0) is 25.6 Å². The Morgan fingerprint density at radius 2 is 1.50 bits per heavy atom. The third-order valence-corrected chi connectivity index (χ3v) is 10.5. The molecule has 0 spiro atoms. The molecule has 3 fully saturated rings. The molecule has 0 aromatic heterocycles. The third-order valence-electron chi connectivity index (χ3n) is 10.5.